The predicted octanol–water partition coefficient (Wildman–Crippen LogP) is -10.4. The minimum Gasteiger partial charge on any atom is -0.540 e. The smallest absolute Gasteiger partial charge is 0.540 e. The maximum absolute atomic E-state index is 10.5. The van der Waals surface area contributed by atoms with Crippen molar-refractivity contribution >= 4 is 72.5 Å². The molecule has 0 fully saturated rings. The number of hydrogen-bond donors (Lipinski definition) is 0. The first-order valence-electron chi connectivity index (χ1n) is 4.21. The Morgan fingerprint density at radius 2 is 0.462 bits per heavy atom. The maximum atomic E-state index is 10.5. The summed E-state index contributed by atoms with van der Waals surface area (Å²) >= 11 is 0. The van der Waals surface area contributed by atoms with E-state index in [0.717, 1.165) is 0 Å². The Balaban J connectivity index is -0.0000000500. The normalized spacial score (nSPS) is 6.92. The van der Waals surface area contributed by atoms with Crippen molar-refractivity contribution in [2.75, 3.05) is 0 Å². The van der Waals surface area contributed by atoms with Crippen LogP contribution < -0.4 is 78.6 Å². The van der Waals surface area contributed by atoms with Gasteiger partial charge in [-0.2, -0.15) is 17.6 Å². The summed E-state index contributed by atoms with van der Waals surface area (Å²) < 4.78 is 42.1. The van der Waals surface area contributed by atoms with Crippen LogP contribution in [0.15, 0.2) is 0 Å². The summed E-state index contributed by atoms with van der Waals surface area (Å²) in [6, 6.07) is -9.74. The van der Waals surface area contributed by atoms with E-state index in [9.17, 15) is 17.6 Å². The quantitative estimate of drug-likeness (QED) is 0.133. The molecule has 0 rings (SSSR count). The van der Waals surface area contributed by atoms with Crippen molar-refractivity contribution in [2.45, 2.75) is 0 Å². The van der Waals surface area contributed by atoms with E-state index >= 15 is 0 Å². The van der Waals surface area contributed by atoms with E-state index in [1.165, 1.54) is 0 Å². The van der Waals surface area contributed by atoms with Gasteiger partial charge in [-0.15, -0.1) is 0 Å². The van der Waals surface area contributed by atoms with Crippen LogP contribution in [0.4, 0.5) is 17.6 Å². The van der Waals surface area contributed by atoms with Gasteiger partial charge < -0.3 is 39.6 Å². The molecule has 0 amide bonds. The van der Waals surface area contributed by atoms with Crippen LogP contribution in [0.2, 0.25) is 0 Å². The third-order valence-corrected chi connectivity index (χ3v) is 0.642. The molecule has 0 heterocycles. The molecular weight excluding hydrogens is 571 g/mol. The Bertz CT molecular complexity index is 407. The van der Waals surface area contributed by atoms with Crippen LogP contribution in [0.25, 0.3) is 0 Å². The molecule has 26 heavy (non-hydrogen) atoms. The second-order valence-electron chi connectivity index (χ2n) is 2.24. The second-order valence-corrected chi connectivity index (χ2v) is 2.24. The Morgan fingerprint density at radius 3 is 0.462 bits per heavy atom. The van der Waals surface area contributed by atoms with Crippen LogP contribution in [0.3, 0.4) is 0 Å². The van der Waals surface area contributed by atoms with Gasteiger partial charge in [-0.25, -0.2) is 0 Å². The number of carboxylic acids is 4. The summed E-state index contributed by atoms with van der Waals surface area (Å²) in [5.41, 5.74) is 0. The van der Waals surface area contributed by atoms with Gasteiger partial charge in [0, 0.05) is 0 Å². The second kappa shape index (κ2) is 23.9. The van der Waals surface area contributed by atoms with Crippen LogP contribution in [-0.2, 0) is 38.4 Å². The zero-order valence-electron chi connectivity index (χ0n) is 11.9. The SMILES string of the molecule is O=C([O-])C(=O)F.O=C([O-])C(=O)F.O=C([O-])C(=O)F.O=C([O-])C(=O)F.[Rb+].[Sb+3]. The molecule has 138 valence electrons. The summed E-state index contributed by atoms with van der Waals surface area (Å²) in [5.74, 6) is -9.19. The summed E-state index contributed by atoms with van der Waals surface area (Å²) in [5, 5.41) is 35.5. The van der Waals surface area contributed by atoms with Crippen molar-refractivity contribution in [1.29, 1.82) is 0 Å². The van der Waals surface area contributed by atoms with Crippen LogP contribution in [0.1, 0.15) is 0 Å². The van der Waals surface area contributed by atoms with E-state index in [1.807, 2.05) is 0 Å². The van der Waals surface area contributed by atoms with Crippen molar-refractivity contribution in [3.63, 3.8) is 0 Å². The molecule has 12 nitrogen and oxygen atoms in total. The minimum atomic E-state index is -2.44. The number of hydrogen-bond acceptors (Lipinski definition) is 12. The first kappa shape index (κ1) is 39.8. The van der Waals surface area contributed by atoms with Gasteiger partial charge in [0.2, 0.25) is 0 Å². The molecular formula is C8F4O12RbSb. The topological polar surface area (TPSA) is 229 Å². The third kappa shape index (κ3) is 49.5. The largest absolute Gasteiger partial charge is 3.00 e. The van der Waals surface area contributed by atoms with Gasteiger partial charge in [-0.05, 0) is 0 Å². The summed E-state index contributed by atoms with van der Waals surface area (Å²) in [6.45, 7) is 0. The molecule has 0 saturated heterocycles. The van der Waals surface area contributed by atoms with Gasteiger partial charge in [-0.1, -0.05) is 0 Å². The Labute approximate surface area is 204 Å². The first-order valence-corrected chi connectivity index (χ1v) is 4.21. The Hall–Kier alpha value is -1.10. The van der Waals surface area contributed by atoms with Crippen LogP contribution in [0, 0.1) is 0 Å². The number of rotatable bonds is 4. The number of carbonyl (C=O) groups excluding carboxylic acids is 8. The Morgan fingerprint density at radius 1 is 0.423 bits per heavy atom. The third-order valence-electron chi connectivity index (χ3n) is 0.642. The van der Waals surface area contributed by atoms with E-state index in [2.05, 4.69) is 0 Å². The molecule has 0 aliphatic carbocycles. The number of carboxylic acid groups (broad SMARTS) is 4. The molecule has 0 aromatic heterocycles. The molecule has 0 saturated carbocycles. The zero-order chi connectivity index (χ0) is 20.6. The number of aliphatic carboxylic acids is 4. The summed E-state index contributed by atoms with van der Waals surface area (Å²) in [6.07, 6.45) is 0. The molecule has 0 spiro atoms. The zero-order valence-corrected chi connectivity index (χ0v) is 19.3. The summed E-state index contributed by atoms with van der Waals surface area (Å²) in [7, 11) is 0. The van der Waals surface area contributed by atoms with Crippen LogP contribution in [-0.4, -0.2) is 72.5 Å². The molecule has 0 aliphatic rings. The molecule has 0 aliphatic heterocycles. The van der Waals surface area contributed by atoms with Crippen LogP contribution >= 0.6 is 0 Å². The van der Waals surface area contributed by atoms with Crippen molar-refractivity contribution in [3.05, 3.63) is 0 Å². The maximum Gasteiger partial charge on any atom is 3.00 e. The monoisotopic (exact) mass is 570 g/mol. The Kier molecular flexibility index (Phi) is 36.6. The average molecular weight is 571 g/mol. The fourth-order valence-corrected chi connectivity index (χ4v) is 0. The van der Waals surface area contributed by atoms with Gasteiger partial charge in [0.1, 0.15) is 23.9 Å². The van der Waals surface area contributed by atoms with E-state index in [1.54, 1.807) is 0 Å². The number of carbonyl (C=O) groups is 8. The fraction of sp³-hybridized carbons (Fsp3) is 0. The van der Waals surface area contributed by atoms with E-state index in [0.29, 0.717) is 0 Å². The van der Waals surface area contributed by atoms with Crippen molar-refractivity contribution in [3.8, 4) is 0 Å². The molecule has 0 N–H and O–H groups in total. The van der Waals surface area contributed by atoms with Crippen LogP contribution in [0.5, 0.6) is 0 Å². The van der Waals surface area contributed by atoms with Gasteiger partial charge in [0.25, 0.3) is 0 Å². The van der Waals surface area contributed by atoms with E-state index < -0.39 is 48.0 Å². The molecule has 0 aromatic rings. The first-order chi connectivity index (χ1) is 10.6. The molecule has 0 unspecified atom stereocenters. The predicted molar refractivity (Wildman–Crippen MR) is 50.2 cm³/mol. The van der Waals surface area contributed by atoms with Gasteiger partial charge in [-0.3, -0.25) is 19.2 Å². The molecule has 0 aromatic carbocycles. The molecule has 0 atom stereocenters. The van der Waals surface area contributed by atoms with Gasteiger partial charge >= 0.3 is 107 Å². The summed E-state index contributed by atoms with van der Waals surface area (Å²) in [4.78, 5) is 70.7. The molecule has 2 radical (unpaired) electrons. The van der Waals surface area contributed by atoms with Gasteiger partial charge in [0.15, 0.2) is 0 Å². The van der Waals surface area contributed by atoms with Crippen molar-refractivity contribution in [2.24, 2.45) is 0 Å². The van der Waals surface area contributed by atoms with E-state index in [4.69, 9.17) is 58.8 Å². The number of halogens is 4. The average Bonchev–Trinajstić information content (AvgIpc) is 2.40. The molecule has 18 heteroatoms. The molecule has 0 bridgehead atoms. The fourth-order valence-electron chi connectivity index (χ4n) is 0. The van der Waals surface area contributed by atoms with Gasteiger partial charge in [0.05, 0.1) is 0 Å². The minimum absolute atomic E-state index is 0. The van der Waals surface area contributed by atoms with Crippen molar-refractivity contribution in [1.82, 2.24) is 0 Å². The van der Waals surface area contributed by atoms with E-state index in [-0.39, 0.29) is 82.6 Å². The van der Waals surface area contributed by atoms with Crippen molar-refractivity contribution < 1.29 is 135 Å². The standard InChI is InChI=1S/4C2HFO3.Rb.Sb/c4*3-1(4)2(5)6;;/h4*(H,5,6);;/q;;;;+1;+3/p-4.